The van der Waals surface area contributed by atoms with Gasteiger partial charge in [0.05, 0.1) is 12.1 Å². The van der Waals surface area contributed by atoms with Crippen molar-refractivity contribution in [3.8, 4) is 0 Å². The maximum atomic E-state index is 10.4. The van der Waals surface area contributed by atoms with E-state index in [9.17, 15) is 9.59 Å². The molecule has 0 radical (unpaired) electrons. The summed E-state index contributed by atoms with van der Waals surface area (Å²) in [6.07, 6.45) is -0.270. The molecule has 0 aromatic rings. The largest absolute Gasteiger partial charge is 0.481 e. The molecule has 1 atom stereocenters. The molecule has 0 saturated carbocycles. The first-order valence-corrected chi connectivity index (χ1v) is 5.36. The molecule has 64 valence electrons. The molecule has 0 spiro atoms. The van der Waals surface area contributed by atoms with Gasteiger partial charge in [-0.1, -0.05) is 7.92 Å². The predicted molar refractivity (Wildman–Crippen MR) is 42.4 cm³/mol. The molecule has 11 heavy (non-hydrogen) atoms. The molecule has 0 aliphatic rings. The second-order valence-corrected chi connectivity index (χ2v) is 4.97. The maximum Gasteiger partial charge on any atom is 0.311 e. The van der Waals surface area contributed by atoms with Crippen LogP contribution in [-0.4, -0.2) is 41.1 Å². The van der Waals surface area contributed by atoms with Crippen molar-refractivity contribution >= 4 is 19.9 Å². The van der Waals surface area contributed by atoms with E-state index < -0.39 is 25.5 Å². The highest BCUT2D eigenvalue weighted by Gasteiger charge is 2.23. The van der Waals surface area contributed by atoms with Gasteiger partial charge >= 0.3 is 11.9 Å². The van der Waals surface area contributed by atoms with Crippen LogP contribution in [0.1, 0.15) is 6.42 Å². The Hall–Kier alpha value is -0.630. The van der Waals surface area contributed by atoms with Gasteiger partial charge in [-0.25, -0.2) is 0 Å². The normalized spacial score (nSPS) is 13.0. The Morgan fingerprint density at radius 2 is 1.82 bits per heavy atom. The van der Waals surface area contributed by atoms with Gasteiger partial charge in [0.1, 0.15) is 0 Å². The van der Waals surface area contributed by atoms with Crippen LogP contribution in [0.4, 0.5) is 0 Å². The lowest BCUT2D eigenvalue weighted by Gasteiger charge is -2.13. The van der Waals surface area contributed by atoms with Crippen molar-refractivity contribution in [2.24, 2.45) is 0 Å². The first kappa shape index (κ1) is 10.4. The van der Waals surface area contributed by atoms with Gasteiger partial charge < -0.3 is 10.2 Å². The van der Waals surface area contributed by atoms with E-state index in [1.165, 1.54) is 0 Å². The number of carbonyl (C=O) groups is 2. The minimum atomic E-state index is -1.05. The van der Waals surface area contributed by atoms with Crippen LogP contribution in [0.25, 0.3) is 0 Å². The lowest BCUT2D eigenvalue weighted by atomic mass is 10.3. The molecule has 0 heterocycles. The molecule has 5 heteroatoms. The van der Waals surface area contributed by atoms with Gasteiger partial charge in [0.15, 0.2) is 0 Å². The Labute approximate surface area is 66.0 Å². The summed E-state index contributed by atoms with van der Waals surface area (Å²) >= 11 is 0. The molecule has 0 bridgehead atoms. The molecule has 0 amide bonds. The molecule has 0 rings (SSSR count). The second kappa shape index (κ2) is 4.29. The molecular formula is C6H11O4P. The second-order valence-electron chi connectivity index (χ2n) is 2.42. The van der Waals surface area contributed by atoms with Crippen LogP contribution in [-0.2, 0) is 9.59 Å². The first-order valence-electron chi connectivity index (χ1n) is 3.06. The zero-order chi connectivity index (χ0) is 9.02. The fourth-order valence-corrected chi connectivity index (χ4v) is 1.62. The zero-order valence-corrected chi connectivity index (χ0v) is 7.34. The summed E-state index contributed by atoms with van der Waals surface area (Å²) in [5.41, 5.74) is -0.706. The third kappa shape index (κ3) is 3.94. The average molecular weight is 178 g/mol. The summed E-state index contributed by atoms with van der Waals surface area (Å²) in [5.74, 6) is -2.06. The number of rotatable bonds is 4. The molecule has 2 N–H and O–H groups in total. The lowest BCUT2D eigenvalue weighted by Crippen LogP contribution is -2.21. The van der Waals surface area contributed by atoms with Crippen LogP contribution in [0.2, 0.25) is 0 Å². The SMILES string of the molecule is CP(C)C(CC(=O)O)C(=O)O. The van der Waals surface area contributed by atoms with Crippen molar-refractivity contribution in [2.75, 3.05) is 13.3 Å². The van der Waals surface area contributed by atoms with Crippen molar-refractivity contribution in [1.29, 1.82) is 0 Å². The van der Waals surface area contributed by atoms with E-state index in [1.54, 1.807) is 13.3 Å². The molecule has 0 aromatic heterocycles. The number of carboxylic acid groups (broad SMARTS) is 2. The van der Waals surface area contributed by atoms with Crippen molar-refractivity contribution in [2.45, 2.75) is 12.1 Å². The molecule has 0 aromatic carbocycles. The van der Waals surface area contributed by atoms with E-state index in [0.717, 1.165) is 0 Å². The van der Waals surface area contributed by atoms with Gasteiger partial charge in [0.2, 0.25) is 0 Å². The first-order chi connectivity index (χ1) is 4.95. The summed E-state index contributed by atoms with van der Waals surface area (Å²) in [6, 6.07) is 0. The average Bonchev–Trinajstić information content (AvgIpc) is 1.81. The van der Waals surface area contributed by atoms with Crippen molar-refractivity contribution in [1.82, 2.24) is 0 Å². The molecule has 4 nitrogen and oxygen atoms in total. The Bertz CT molecular complexity index is 166. The number of hydrogen-bond acceptors (Lipinski definition) is 2. The van der Waals surface area contributed by atoms with Crippen LogP contribution in [0.5, 0.6) is 0 Å². The topological polar surface area (TPSA) is 74.6 Å². The summed E-state index contributed by atoms with van der Waals surface area (Å²) in [5, 5.41) is 16.9. The Balaban J connectivity index is 4.12. The summed E-state index contributed by atoms with van der Waals surface area (Å²) < 4.78 is 0. The Morgan fingerprint density at radius 1 is 1.36 bits per heavy atom. The molecule has 0 aliphatic carbocycles. The smallest absolute Gasteiger partial charge is 0.311 e. The van der Waals surface area contributed by atoms with E-state index in [0.29, 0.717) is 0 Å². The number of aliphatic carboxylic acids is 2. The molecule has 1 unspecified atom stereocenters. The van der Waals surface area contributed by atoms with Gasteiger partial charge in [0, 0.05) is 0 Å². The van der Waals surface area contributed by atoms with Gasteiger partial charge in [-0.15, -0.1) is 0 Å². The minimum Gasteiger partial charge on any atom is -0.481 e. The van der Waals surface area contributed by atoms with E-state index in [-0.39, 0.29) is 6.42 Å². The van der Waals surface area contributed by atoms with Gasteiger partial charge in [-0.3, -0.25) is 9.59 Å². The highest BCUT2D eigenvalue weighted by Crippen LogP contribution is 2.34. The maximum absolute atomic E-state index is 10.4. The van der Waals surface area contributed by atoms with Crippen LogP contribution >= 0.6 is 7.92 Å². The van der Waals surface area contributed by atoms with E-state index >= 15 is 0 Å². The monoisotopic (exact) mass is 178 g/mol. The number of hydrogen-bond donors (Lipinski definition) is 2. The van der Waals surface area contributed by atoms with Crippen LogP contribution in [0, 0.1) is 0 Å². The number of carboxylic acids is 2. The van der Waals surface area contributed by atoms with E-state index in [1.807, 2.05) is 0 Å². The van der Waals surface area contributed by atoms with Crippen molar-refractivity contribution in [3.63, 3.8) is 0 Å². The summed E-state index contributed by atoms with van der Waals surface area (Å²) in [6.45, 7) is 3.52. The zero-order valence-electron chi connectivity index (χ0n) is 6.44. The van der Waals surface area contributed by atoms with Crippen LogP contribution in [0.15, 0.2) is 0 Å². The summed E-state index contributed by atoms with van der Waals surface area (Å²) in [7, 11) is -0.716. The highest BCUT2D eigenvalue weighted by atomic mass is 31.1. The van der Waals surface area contributed by atoms with E-state index in [4.69, 9.17) is 10.2 Å². The molecular weight excluding hydrogens is 167 g/mol. The molecule has 0 aliphatic heterocycles. The standard InChI is InChI=1S/C6H11O4P/c1-11(2)4(6(9)10)3-5(7)8/h4H,3H2,1-2H3,(H,7,8)(H,9,10). The van der Waals surface area contributed by atoms with Crippen LogP contribution < -0.4 is 0 Å². The fourth-order valence-electron chi connectivity index (χ4n) is 0.656. The highest BCUT2D eigenvalue weighted by molar-refractivity contribution is 7.57. The quantitative estimate of drug-likeness (QED) is 0.620. The Kier molecular flexibility index (Phi) is 4.04. The fraction of sp³-hybridized carbons (Fsp3) is 0.667. The molecule has 0 saturated heterocycles. The predicted octanol–water partition coefficient (Wildman–Crippen LogP) is 0.656. The van der Waals surface area contributed by atoms with Gasteiger partial charge in [-0.2, -0.15) is 0 Å². The molecule has 0 fully saturated rings. The van der Waals surface area contributed by atoms with Crippen molar-refractivity contribution in [3.05, 3.63) is 0 Å². The van der Waals surface area contributed by atoms with Crippen molar-refractivity contribution < 1.29 is 19.8 Å². The lowest BCUT2D eigenvalue weighted by molar-refractivity contribution is -0.143. The third-order valence-corrected chi connectivity index (χ3v) is 2.93. The Morgan fingerprint density at radius 3 is 1.91 bits per heavy atom. The van der Waals surface area contributed by atoms with Crippen LogP contribution in [0.3, 0.4) is 0 Å². The minimum absolute atomic E-state index is 0.270. The summed E-state index contributed by atoms with van der Waals surface area (Å²) in [4.78, 5) is 20.6. The third-order valence-electron chi connectivity index (χ3n) is 1.28. The van der Waals surface area contributed by atoms with Gasteiger partial charge in [-0.05, 0) is 13.3 Å². The van der Waals surface area contributed by atoms with E-state index in [2.05, 4.69) is 0 Å². The van der Waals surface area contributed by atoms with Gasteiger partial charge in [0.25, 0.3) is 0 Å².